The summed E-state index contributed by atoms with van der Waals surface area (Å²) in [6.07, 6.45) is 1.01. The predicted octanol–water partition coefficient (Wildman–Crippen LogP) is 0.570. The predicted molar refractivity (Wildman–Crippen MR) is 73.0 cm³/mol. The van der Waals surface area contributed by atoms with Crippen LogP contribution in [-0.4, -0.2) is 61.3 Å². The Labute approximate surface area is 115 Å². The molecule has 0 aromatic rings. The monoisotopic (exact) mass is 274 g/mol. The highest BCUT2D eigenvalue weighted by Crippen LogP contribution is 1.98. The summed E-state index contributed by atoms with van der Waals surface area (Å²) in [5, 5.41) is 11.5. The first kappa shape index (κ1) is 17.9. The number of hydrogen-bond donors (Lipinski definition) is 2. The Morgan fingerprint density at radius 2 is 1.89 bits per heavy atom. The maximum Gasteiger partial charge on any atom is 0.320 e. The van der Waals surface area contributed by atoms with Crippen LogP contribution >= 0.6 is 0 Å². The number of carboxylic acid groups (broad SMARTS) is 1. The molecule has 0 saturated heterocycles. The molecule has 1 atom stereocenters. The van der Waals surface area contributed by atoms with Crippen molar-refractivity contribution in [1.82, 2.24) is 10.2 Å². The van der Waals surface area contributed by atoms with E-state index in [1.165, 1.54) is 4.90 Å². The highest BCUT2D eigenvalue weighted by atomic mass is 16.5. The van der Waals surface area contributed by atoms with Gasteiger partial charge < -0.3 is 15.2 Å². The van der Waals surface area contributed by atoms with Gasteiger partial charge in [0.2, 0.25) is 5.91 Å². The molecule has 2 N–H and O–H groups in total. The molecule has 0 fully saturated rings. The van der Waals surface area contributed by atoms with Crippen LogP contribution in [0.3, 0.4) is 0 Å². The van der Waals surface area contributed by atoms with Crippen LogP contribution in [0.15, 0.2) is 0 Å². The van der Waals surface area contributed by atoms with Crippen molar-refractivity contribution < 1.29 is 19.4 Å². The van der Waals surface area contributed by atoms with Gasteiger partial charge in [-0.25, -0.2) is 0 Å². The molecule has 0 aliphatic heterocycles. The lowest BCUT2D eigenvalue weighted by molar-refractivity contribution is -0.142. The van der Waals surface area contributed by atoms with E-state index >= 15 is 0 Å². The molecule has 0 spiro atoms. The second-order valence-electron chi connectivity index (χ2n) is 5.07. The first-order valence-electron chi connectivity index (χ1n) is 6.62. The van der Waals surface area contributed by atoms with Crippen LogP contribution in [0.4, 0.5) is 0 Å². The molecule has 0 heterocycles. The van der Waals surface area contributed by atoms with Crippen molar-refractivity contribution in [3.63, 3.8) is 0 Å². The molecular formula is C13H26N2O4. The number of amides is 1. The van der Waals surface area contributed by atoms with E-state index in [0.29, 0.717) is 25.7 Å². The molecule has 0 rings (SSSR count). The Morgan fingerprint density at radius 3 is 2.42 bits per heavy atom. The average Bonchev–Trinajstić information content (AvgIpc) is 2.31. The maximum absolute atomic E-state index is 11.5. The van der Waals surface area contributed by atoms with Crippen molar-refractivity contribution >= 4 is 11.9 Å². The van der Waals surface area contributed by atoms with Gasteiger partial charge in [-0.1, -0.05) is 13.8 Å². The van der Waals surface area contributed by atoms with Crippen LogP contribution in [0, 0.1) is 5.92 Å². The van der Waals surface area contributed by atoms with Crippen LogP contribution < -0.4 is 5.32 Å². The van der Waals surface area contributed by atoms with Gasteiger partial charge in [0.05, 0.1) is 13.2 Å². The molecule has 0 saturated carbocycles. The van der Waals surface area contributed by atoms with Crippen LogP contribution in [-0.2, 0) is 14.3 Å². The number of likely N-dealkylation sites (N-methyl/N-ethyl adjacent to an activating group) is 1. The van der Waals surface area contributed by atoms with Crippen LogP contribution in [0.2, 0.25) is 0 Å². The molecule has 1 unspecified atom stereocenters. The van der Waals surface area contributed by atoms with Crippen molar-refractivity contribution in [3.8, 4) is 0 Å². The van der Waals surface area contributed by atoms with Gasteiger partial charge in [0, 0.05) is 13.2 Å². The Balaban J connectivity index is 3.62. The van der Waals surface area contributed by atoms with Gasteiger partial charge in [-0.2, -0.15) is 0 Å². The van der Waals surface area contributed by atoms with Crippen molar-refractivity contribution in [1.29, 1.82) is 0 Å². The number of nitrogens with zero attached hydrogens (tertiary/aromatic N) is 1. The highest BCUT2D eigenvalue weighted by molar-refractivity contribution is 5.79. The van der Waals surface area contributed by atoms with E-state index in [9.17, 15) is 9.59 Å². The van der Waals surface area contributed by atoms with Gasteiger partial charge in [0.25, 0.3) is 0 Å². The SMILES string of the molecule is CC(C)CCOCCNC(=O)CN(C)C(C)C(=O)O. The summed E-state index contributed by atoms with van der Waals surface area (Å²) in [6, 6.07) is -0.673. The minimum atomic E-state index is -0.938. The van der Waals surface area contributed by atoms with Gasteiger partial charge >= 0.3 is 5.97 Å². The Hall–Kier alpha value is -1.14. The molecule has 6 heteroatoms. The Kier molecular flexibility index (Phi) is 9.16. The second kappa shape index (κ2) is 9.75. The standard InChI is InChI=1S/C13H26N2O4/c1-10(2)5-7-19-8-6-14-12(16)9-15(4)11(3)13(17)18/h10-11H,5-9H2,1-4H3,(H,14,16)(H,17,18). The zero-order valence-electron chi connectivity index (χ0n) is 12.3. The zero-order valence-corrected chi connectivity index (χ0v) is 12.3. The molecule has 0 aliphatic carbocycles. The van der Waals surface area contributed by atoms with Crippen LogP contribution in [0.25, 0.3) is 0 Å². The lowest BCUT2D eigenvalue weighted by Crippen LogP contribution is -2.43. The Bertz CT molecular complexity index is 282. The normalized spacial score (nSPS) is 12.7. The molecule has 1 amide bonds. The third-order valence-corrected chi connectivity index (χ3v) is 2.82. The van der Waals surface area contributed by atoms with E-state index in [0.717, 1.165) is 6.42 Å². The first-order valence-corrected chi connectivity index (χ1v) is 6.62. The highest BCUT2D eigenvalue weighted by Gasteiger charge is 2.18. The lowest BCUT2D eigenvalue weighted by atomic mass is 10.1. The van der Waals surface area contributed by atoms with Gasteiger partial charge in [-0.3, -0.25) is 14.5 Å². The summed E-state index contributed by atoms with van der Waals surface area (Å²) in [4.78, 5) is 23.7. The quantitative estimate of drug-likeness (QED) is 0.569. The topological polar surface area (TPSA) is 78.9 Å². The van der Waals surface area contributed by atoms with Crippen LogP contribution in [0.5, 0.6) is 0 Å². The molecule has 112 valence electrons. The van der Waals surface area contributed by atoms with Gasteiger partial charge in [-0.15, -0.1) is 0 Å². The van der Waals surface area contributed by atoms with E-state index in [2.05, 4.69) is 19.2 Å². The zero-order chi connectivity index (χ0) is 14.8. The molecule has 0 aliphatic rings. The van der Waals surface area contributed by atoms with Crippen molar-refractivity contribution in [2.45, 2.75) is 33.2 Å². The van der Waals surface area contributed by atoms with Gasteiger partial charge in [0.1, 0.15) is 6.04 Å². The molecule has 0 bridgehead atoms. The van der Waals surface area contributed by atoms with Crippen molar-refractivity contribution in [2.24, 2.45) is 5.92 Å². The van der Waals surface area contributed by atoms with Gasteiger partial charge in [-0.05, 0) is 26.3 Å². The maximum atomic E-state index is 11.5. The summed E-state index contributed by atoms with van der Waals surface area (Å²) in [7, 11) is 1.61. The number of hydrogen-bond acceptors (Lipinski definition) is 4. The smallest absolute Gasteiger partial charge is 0.320 e. The lowest BCUT2D eigenvalue weighted by Gasteiger charge is -2.20. The summed E-state index contributed by atoms with van der Waals surface area (Å²) in [5.41, 5.74) is 0. The summed E-state index contributed by atoms with van der Waals surface area (Å²) >= 11 is 0. The number of aliphatic carboxylic acids is 1. The van der Waals surface area contributed by atoms with E-state index in [1.54, 1.807) is 14.0 Å². The number of nitrogens with one attached hydrogen (secondary N) is 1. The molecular weight excluding hydrogens is 248 g/mol. The number of ether oxygens (including phenoxy) is 1. The van der Waals surface area contributed by atoms with Crippen molar-refractivity contribution in [2.75, 3.05) is 33.4 Å². The van der Waals surface area contributed by atoms with E-state index < -0.39 is 12.0 Å². The third kappa shape index (κ3) is 9.44. The summed E-state index contributed by atoms with van der Waals surface area (Å²) < 4.78 is 5.36. The molecule has 0 aromatic carbocycles. The van der Waals surface area contributed by atoms with E-state index in [4.69, 9.17) is 9.84 Å². The van der Waals surface area contributed by atoms with E-state index in [1.807, 2.05) is 0 Å². The largest absolute Gasteiger partial charge is 0.480 e. The number of carbonyl (C=O) groups is 2. The van der Waals surface area contributed by atoms with Gasteiger partial charge in [0.15, 0.2) is 0 Å². The molecule has 0 radical (unpaired) electrons. The fraction of sp³-hybridized carbons (Fsp3) is 0.846. The van der Waals surface area contributed by atoms with Crippen molar-refractivity contribution in [3.05, 3.63) is 0 Å². The molecule has 19 heavy (non-hydrogen) atoms. The molecule has 0 aromatic heterocycles. The summed E-state index contributed by atoms with van der Waals surface area (Å²) in [5.74, 6) is -0.517. The number of rotatable bonds is 10. The first-order chi connectivity index (χ1) is 8.84. The third-order valence-electron chi connectivity index (χ3n) is 2.82. The second-order valence-corrected chi connectivity index (χ2v) is 5.07. The number of carbonyl (C=O) groups excluding carboxylic acids is 1. The van der Waals surface area contributed by atoms with E-state index in [-0.39, 0.29) is 12.5 Å². The minimum Gasteiger partial charge on any atom is -0.480 e. The fourth-order valence-corrected chi connectivity index (χ4v) is 1.29. The Morgan fingerprint density at radius 1 is 1.26 bits per heavy atom. The average molecular weight is 274 g/mol. The fourth-order valence-electron chi connectivity index (χ4n) is 1.29. The van der Waals surface area contributed by atoms with Crippen LogP contribution in [0.1, 0.15) is 27.2 Å². The molecule has 6 nitrogen and oxygen atoms in total. The number of carboxylic acids is 1. The summed E-state index contributed by atoms with van der Waals surface area (Å²) in [6.45, 7) is 7.51. The minimum absolute atomic E-state index is 0.0689.